The molecule has 0 bridgehead atoms. The lowest BCUT2D eigenvalue weighted by atomic mass is 9.92. The van der Waals surface area contributed by atoms with Crippen molar-refractivity contribution in [3.8, 4) is 0 Å². The Hall–Kier alpha value is -0.610. The number of likely N-dealkylation sites (tertiary alicyclic amines) is 1. The highest BCUT2D eigenvalue weighted by Gasteiger charge is 2.50. The van der Waals surface area contributed by atoms with Crippen molar-refractivity contribution in [2.75, 3.05) is 20.2 Å². The summed E-state index contributed by atoms with van der Waals surface area (Å²) in [5.41, 5.74) is 5.60. The highest BCUT2D eigenvalue weighted by atomic mass is 16.5. The molecule has 0 aromatic heterocycles. The van der Waals surface area contributed by atoms with Crippen LogP contribution in [0, 0.1) is 11.8 Å². The van der Waals surface area contributed by atoms with Crippen LogP contribution < -0.4 is 5.73 Å². The van der Waals surface area contributed by atoms with Crippen LogP contribution in [-0.4, -0.2) is 42.6 Å². The minimum atomic E-state index is -0.785. The predicted molar refractivity (Wildman–Crippen MR) is 71.1 cm³/mol. The van der Waals surface area contributed by atoms with E-state index in [0.29, 0.717) is 24.4 Å². The standard InChI is InChI=1S/C14H26N2O2/c1-10(2)12-5-4-8-16(12)9-14(15,11-6-7-11)13(17)18-3/h10-12H,4-9,15H2,1-3H3. The van der Waals surface area contributed by atoms with Crippen molar-refractivity contribution < 1.29 is 9.53 Å². The van der Waals surface area contributed by atoms with Gasteiger partial charge in [0.2, 0.25) is 0 Å². The molecule has 4 heteroatoms. The Bertz CT molecular complexity index is 315. The summed E-state index contributed by atoms with van der Waals surface area (Å²) in [5, 5.41) is 0. The molecule has 0 aromatic carbocycles. The highest BCUT2D eigenvalue weighted by molar-refractivity contribution is 5.81. The highest BCUT2D eigenvalue weighted by Crippen LogP contribution is 2.40. The Morgan fingerprint density at radius 1 is 1.44 bits per heavy atom. The first-order valence-corrected chi connectivity index (χ1v) is 7.10. The molecule has 1 saturated carbocycles. The van der Waals surface area contributed by atoms with E-state index in [1.165, 1.54) is 20.0 Å². The van der Waals surface area contributed by atoms with Gasteiger partial charge >= 0.3 is 5.97 Å². The van der Waals surface area contributed by atoms with Crippen LogP contribution in [0.4, 0.5) is 0 Å². The summed E-state index contributed by atoms with van der Waals surface area (Å²) in [6.07, 6.45) is 4.56. The third-order valence-corrected chi connectivity index (χ3v) is 4.52. The van der Waals surface area contributed by atoms with Gasteiger partial charge in [-0.2, -0.15) is 0 Å². The van der Waals surface area contributed by atoms with Gasteiger partial charge in [0, 0.05) is 12.6 Å². The van der Waals surface area contributed by atoms with Crippen LogP contribution >= 0.6 is 0 Å². The van der Waals surface area contributed by atoms with Gasteiger partial charge < -0.3 is 10.5 Å². The maximum absolute atomic E-state index is 12.0. The third kappa shape index (κ3) is 2.54. The number of methoxy groups -OCH3 is 1. The molecule has 2 aliphatic rings. The third-order valence-electron chi connectivity index (χ3n) is 4.52. The largest absolute Gasteiger partial charge is 0.468 e. The van der Waals surface area contributed by atoms with Crippen molar-refractivity contribution in [2.24, 2.45) is 17.6 Å². The molecule has 0 spiro atoms. The first kappa shape index (κ1) is 13.8. The predicted octanol–water partition coefficient (Wildman–Crippen LogP) is 1.39. The van der Waals surface area contributed by atoms with Gasteiger partial charge in [0.15, 0.2) is 0 Å². The number of carbonyl (C=O) groups is 1. The van der Waals surface area contributed by atoms with Crippen molar-refractivity contribution in [3.05, 3.63) is 0 Å². The maximum atomic E-state index is 12.0. The topological polar surface area (TPSA) is 55.6 Å². The van der Waals surface area contributed by atoms with Gasteiger partial charge in [-0.25, -0.2) is 0 Å². The number of ether oxygens (including phenoxy) is 1. The molecule has 1 aliphatic carbocycles. The van der Waals surface area contributed by atoms with E-state index in [4.69, 9.17) is 10.5 Å². The molecule has 104 valence electrons. The average Bonchev–Trinajstić information content (AvgIpc) is 3.09. The Labute approximate surface area is 110 Å². The van der Waals surface area contributed by atoms with Crippen LogP contribution in [0.2, 0.25) is 0 Å². The van der Waals surface area contributed by atoms with Crippen LogP contribution in [0.15, 0.2) is 0 Å². The first-order chi connectivity index (χ1) is 8.49. The van der Waals surface area contributed by atoms with Crippen molar-refractivity contribution in [3.63, 3.8) is 0 Å². The summed E-state index contributed by atoms with van der Waals surface area (Å²) >= 11 is 0. The molecule has 18 heavy (non-hydrogen) atoms. The fourth-order valence-electron chi connectivity index (χ4n) is 3.29. The van der Waals surface area contributed by atoms with Crippen LogP contribution in [0.3, 0.4) is 0 Å². The number of carbonyl (C=O) groups excluding carboxylic acids is 1. The van der Waals surface area contributed by atoms with E-state index >= 15 is 0 Å². The molecule has 2 atom stereocenters. The van der Waals surface area contributed by atoms with Gasteiger partial charge in [0.25, 0.3) is 0 Å². The second kappa shape index (κ2) is 5.17. The molecule has 2 N–H and O–H groups in total. The molecule has 4 nitrogen and oxygen atoms in total. The van der Waals surface area contributed by atoms with Gasteiger partial charge in [-0.05, 0) is 44.1 Å². The molecular weight excluding hydrogens is 228 g/mol. The van der Waals surface area contributed by atoms with E-state index in [-0.39, 0.29) is 5.97 Å². The molecule has 2 fully saturated rings. The van der Waals surface area contributed by atoms with Crippen LogP contribution in [0.25, 0.3) is 0 Å². The van der Waals surface area contributed by atoms with E-state index in [1.54, 1.807) is 0 Å². The van der Waals surface area contributed by atoms with Gasteiger partial charge in [0.1, 0.15) is 5.54 Å². The van der Waals surface area contributed by atoms with E-state index in [1.807, 2.05) is 0 Å². The second-order valence-corrected chi connectivity index (χ2v) is 6.23. The lowest BCUT2D eigenvalue weighted by Crippen LogP contribution is -2.59. The Morgan fingerprint density at radius 3 is 2.61 bits per heavy atom. The van der Waals surface area contributed by atoms with Gasteiger partial charge in [-0.3, -0.25) is 9.69 Å². The molecule has 0 radical (unpaired) electrons. The van der Waals surface area contributed by atoms with Crippen molar-refractivity contribution in [2.45, 2.75) is 51.1 Å². The summed E-state index contributed by atoms with van der Waals surface area (Å²) < 4.78 is 4.93. The average molecular weight is 254 g/mol. The number of hydrogen-bond donors (Lipinski definition) is 1. The molecule has 1 saturated heterocycles. The Kier molecular flexibility index (Phi) is 3.97. The Morgan fingerprint density at radius 2 is 2.11 bits per heavy atom. The molecular formula is C14H26N2O2. The van der Waals surface area contributed by atoms with Crippen molar-refractivity contribution >= 4 is 5.97 Å². The minimum absolute atomic E-state index is 0.237. The van der Waals surface area contributed by atoms with E-state index in [9.17, 15) is 4.79 Å². The monoisotopic (exact) mass is 254 g/mol. The minimum Gasteiger partial charge on any atom is -0.468 e. The fourth-order valence-corrected chi connectivity index (χ4v) is 3.29. The summed E-state index contributed by atoms with van der Waals surface area (Å²) in [6.45, 7) is 6.21. The number of hydrogen-bond acceptors (Lipinski definition) is 4. The zero-order valence-corrected chi connectivity index (χ0v) is 11.8. The van der Waals surface area contributed by atoms with E-state index in [2.05, 4.69) is 18.7 Å². The zero-order valence-electron chi connectivity index (χ0n) is 11.8. The number of rotatable bonds is 5. The molecule has 1 aliphatic heterocycles. The molecule has 0 aromatic rings. The van der Waals surface area contributed by atoms with Gasteiger partial charge in [-0.15, -0.1) is 0 Å². The summed E-state index contributed by atoms with van der Waals surface area (Å²) in [5.74, 6) is 0.700. The van der Waals surface area contributed by atoms with Gasteiger partial charge in [-0.1, -0.05) is 13.8 Å². The summed E-state index contributed by atoms with van der Waals surface area (Å²) in [6, 6.07) is 0.566. The molecule has 2 unspecified atom stereocenters. The van der Waals surface area contributed by atoms with Crippen molar-refractivity contribution in [1.82, 2.24) is 4.90 Å². The number of esters is 1. The second-order valence-electron chi connectivity index (χ2n) is 6.23. The van der Waals surface area contributed by atoms with Gasteiger partial charge in [0.05, 0.1) is 7.11 Å². The first-order valence-electron chi connectivity index (χ1n) is 7.10. The molecule has 1 heterocycles. The molecule has 2 rings (SSSR count). The number of nitrogens with zero attached hydrogens (tertiary/aromatic N) is 1. The molecule has 0 amide bonds. The lowest BCUT2D eigenvalue weighted by Gasteiger charge is -2.35. The summed E-state index contributed by atoms with van der Waals surface area (Å²) in [4.78, 5) is 14.4. The fraction of sp³-hybridized carbons (Fsp3) is 0.929. The smallest absolute Gasteiger partial charge is 0.327 e. The zero-order chi connectivity index (χ0) is 13.3. The maximum Gasteiger partial charge on any atom is 0.327 e. The summed E-state index contributed by atoms with van der Waals surface area (Å²) in [7, 11) is 1.44. The normalized spacial score (nSPS) is 28.4. The van der Waals surface area contributed by atoms with Crippen molar-refractivity contribution in [1.29, 1.82) is 0 Å². The van der Waals surface area contributed by atoms with Crippen LogP contribution in [-0.2, 0) is 9.53 Å². The van der Waals surface area contributed by atoms with E-state index in [0.717, 1.165) is 19.4 Å². The Balaban J connectivity index is 2.07. The number of nitrogens with two attached hydrogens (primary N) is 1. The van der Waals surface area contributed by atoms with Crippen LogP contribution in [0.5, 0.6) is 0 Å². The SMILES string of the molecule is COC(=O)C(N)(CN1CCCC1C(C)C)C1CC1. The quantitative estimate of drug-likeness (QED) is 0.753. The van der Waals surface area contributed by atoms with E-state index < -0.39 is 5.54 Å². The lowest BCUT2D eigenvalue weighted by molar-refractivity contribution is -0.149. The van der Waals surface area contributed by atoms with Crippen LogP contribution in [0.1, 0.15) is 39.5 Å².